The summed E-state index contributed by atoms with van der Waals surface area (Å²) in [7, 11) is 3.12. The molecule has 3 aromatic carbocycles. The summed E-state index contributed by atoms with van der Waals surface area (Å²) in [4.78, 5) is 30.5. The van der Waals surface area contributed by atoms with E-state index < -0.39 is 0 Å². The van der Waals surface area contributed by atoms with Gasteiger partial charge in [-0.15, -0.1) is 0 Å². The number of likely N-dealkylation sites (N-methyl/N-ethyl adjacent to an activating group) is 1. The van der Waals surface area contributed by atoms with E-state index in [9.17, 15) is 9.59 Å². The molecule has 0 atom stereocenters. The van der Waals surface area contributed by atoms with Crippen LogP contribution < -0.4 is 14.4 Å². The standard InChI is InChI=1S/C27H26N2O4/c1-4-28(21-13-9-6-10-14-21)25-24(20-11-7-5-8-12-20)26(30)29(27(25)31)18-19-15-16-22(32-2)23(17-19)33-3/h5-17H,4,18H2,1-3H3. The van der Waals surface area contributed by atoms with Crippen LogP contribution in [0.3, 0.4) is 0 Å². The second-order valence-electron chi connectivity index (χ2n) is 7.56. The average molecular weight is 443 g/mol. The first-order valence-electron chi connectivity index (χ1n) is 10.8. The first-order chi connectivity index (χ1) is 16.1. The van der Waals surface area contributed by atoms with E-state index in [0.717, 1.165) is 16.8 Å². The second-order valence-corrected chi connectivity index (χ2v) is 7.56. The molecule has 6 nitrogen and oxygen atoms in total. The summed E-state index contributed by atoms with van der Waals surface area (Å²) in [5, 5.41) is 0. The molecule has 0 radical (unpaired) electrons. The molecule has 0 aliphatic carbocycles. The molecular weight excluding hydrogens is 416 g/mol. The minimum Gasteiger partial charge on any atom is -0.493 e. The second kappa shape index (κ2) is 9.61. The summed E-state index contributed by atoms with van der Waals surface area (Å²) in [6, 6.07) is 24.4. The van der Waals surface area contributed by atoms with E-state index in [1.165, 1.54) is 4.90 Å². The molecule has 1 heterocycles. The van der Waals surface area contributed by atoms with Gasteiger partial charge in [0.05, 0.1) is 26.3 Å². The summed E-state index contributed by atoms with van der Waals surface area (Å²) >= 11 is 0. The maximum atomic E-state index is 13.7. The number of benzene rings is 3. The Morgan fingerprint density at radius 1 is 0.788 bits per heavy atom. The summed E-state index contributed by atoms with van der Waals surface area (Å²) in [5.41, 5.74) is 3.14. The normalized spacial score (nSPS) is 13.5. The highest BCUT2D eigenvalue weighted by molar-refractivity contribution is 6.36. The van der Waals surface area contributed by atoms with E-state index in [0.29, 0.717) is 29.3 Å². The van der Waals surface area contributed by atoms with Crippen molar-refractivity contribution in [2.45, 2.75) is 13.5 Å². The molecule has 0 N–H and O–H groups in total. The first kappa shape index (κ1) is 22.1. The smallest absolute Gasteiger partial charge is 0.278 e. The van der Waals surface area contributed by atoms with Crippen molar-refractivity contribution in [2.24, 2.45) is 0 Å². The molecule has 0 saturated heterocycles. The van der Waals surface area contributed by atoms with Crippen molar-refractivity contribution in [3.8, 4) is 11.5 Å². The van der Waals surface area contributed by atoms with Crippen molar-refractivity contribution in [1.82, 2.24) is 4.90 Å². The predicted molar refractivity (Wildman–Crippen MR) is 128 cm³/mol. The topological polar surface area (TPSA) is 59.1 Å². The van der Waals surface area contributed by atoms with Gasteiger partial charge < -0.3 is 14.4 Å². The van der Waals surface area contributed by atoms with Crippen molar-refractivity contribution >= 4 is 23.1 Å². The van der Waals surface area contributed by atoms with Gasteiger partial charge in [-0.3, -0.25) is 14.5 Å². The Morgan fingerprint density at radius 2 is 1.42 bits per heavy atom. The fraction of sp³-hybridized carbons (Fsp3) is 0.185. The molecule has 2 amide bonds. The quantitative estimate of drug-likeness (QED) is 0.481. The number of para-hydroxylation sites is 1. The Labute approximate surface area is 193 Å². The number of carbonyl (C=O) groups is 2. The van der Waals surface area contributed by atoms with Crippen LogP contribution in [0.25, 0.3) is 5.57 Å². The zero-order chi connectivity index (χ0) is 23.4. The fourth-order valence-corrected chi connectivity index (χ4v) is 4.06. The highest BCUT2D eigenvalue weighted by Gasteiger charge is 2.41. The highest BCUT2D eigenvalue weighted by Crippen LogP contribution is 2.36. The lowest BCUT2D eigenvalue weighted by molar-refractivity contribution is -0.137. The van der Waals surface area contributed by atoms with Crippen molar-refractivity contribution in [3.63, 3.8) is 0 Å². The number of ether oxygens (including phenoxy) is 2. The lowest BCUT2D eigenvalue weighted by Gasteiger charge is -2.25. The van der Waals surface area contributed by atoms with Gasteiger partial charge in [-0.25, -0.2) is 0 Å². The number of amides is 2. The van der Waals surface area contributed by atoms with E-state index in [-0.39, 0.29) is 18.4 Å². The Hall–Kier alpha value is -4.06. The molecule has 0 fully saturated rings. The van der Waals surface area contributed by atoms with E-state index in [1.54, 1.807) is 26.4 Å². The third kappa shape index (κ3) is 4.20. The van der Waals surface area contributed by atoms with Crippen LogP contribution in [0.15, 0.2) is 84.6 Å². The van der Waals surface area contributed by atoms with Crippen LogP contribution in [0.2, 0.25) is 0 Å². The lowest BCUT2D eigenvalue weighted by Crippen LogP contribution is -2.34. The van der Waals surface area contributed by atoms with Crippen LogP contribution in [0.5, 0.6) is 11.5 Å². The Bertz CT molecular complexity index is 1190. The highest BCUT2D eigenvalue weighted by atomic mass is 16.5. The van der Waals surface area contributed by atoms with Gasteiger partial charge in [0.15, 0.2) is 11.5 Å². The summed E-state index contributed by atoms with van der Waals surface area (Å²) in [6.07, 6.45) is 0. The van der Waals surface area contributed by atoms with Crippen LogP contribution >= 0.6 is 0 Å². The van der Waals surface area contributed by atoms with Gasteiger partial charge in [-0.1, -0.05) is 54.6 Å². The first-order valence-corrected chi connectivity index (χ1v) is 10.8. The number of anilines is 1. The summed E-state index contributed by atoms with van der Waals surface area (Å²) < 4.78 is 10.7. The molecule has 0 saturated carbocycles. The Balaban J connectivity index is 1.77. The van der Waals surface area contributed by atoms with Gasteiger partial charge in [-0.05, 0) is 42.3 Å². The third-order valence-corrected chi connectivity index (χ3v) is 5.65. The largest absolute Gasteiger partial charge is 0.493 e. The SMILES string of the molecule is CCN(C1=C(c2ccccc2)C(=O)N(Cc2ccc(OC)c(OC)c2)C1=O)c1ccccc1. The molecule has 0 aromatic heterocycles. The van der Waals surface area contributed by atoms with Gasteiger partial charge in [-0.2, -0.15) is 0 Å². The van der Waals surface area contributed by atoms with Crippen LogP contribution in [-0.2, 0) is 16.1 Å². The van der Waals surface area contributed by atoms with Crippen molar-refractivity contribution in [3.05, 3.63) is 95.7 Å². The number of methoxy groups -OCH3 is 2. The van der Waals surface area contributed by atoms with Crippen LogP contribution in [0.1, 0.15) is 18.1 Å². The lowest BCUT2D eigenvalue weighted by atomic mass is 10.0. The third-order valence-electron chi connectivity index (χ3n) is 5.65. The number of rotatable bonds is 8. The van der Waals surface area contributed by atoms with Gasteiger partial charge in [0.25, 0.3) is 11.8 Å². The molecular formula is C27H26N2O4. The molecule has 0 spiro atoms. The number of carbonyl (C=O) groups excluding carboxylic acids is 2. The van der Waals surface area contributed by atoms with Crippen molar-refractivity contribution in [1.29, 1.82) is 0 Å². The van der Waals surface area contributed by atoms with Crippen molar-refractivity contribution in [2.75, 3.05) is 25.7 Å². The molecule has 33 heavy (non-hydrogen) atoms. The number of hydrogen-bond donors (Lipinski definition) is 0. The van der Waals surface area contributed by atoms with Crippen LogP contribution in [0.4, 0.5) is 5.69 Å². The van der Waals surface area contributed by atoms with E-state index in [1.807, 2.05) is 78.6 Å². The average Bonchev–Trinajstić information content (AvgIpc) is 3.10. The van der Waals surface area contributed by atoms with Gasteiger partial charge in [0, 0.05) is 12.2 Å². The number of imide groups is 1. The van der Waals surface area contributed by atoms with Crippen LogP contribution in [0, 0.1) is 0 Å². The van der Waals surface area contributed by atoms with Gasteiger partial charge in [0.2, 0.25) is 0 Å². The maximum Gasteiger partial charge on any atom is 0.278 e. The van der Waals surface area contributed by atoms with Gasteiger partial charge >= 0.3 is 0 Å². The molecule has 168 valence electrons. The zero-order valence-corrected chi connectivity index (χ0v) is 18.9. The van der Waals surface area contributed by atoms with E-state index in [2.05, 4.69) is 0 Å². The number of hydrogen-bond acceptors (Lipinski definition) is 5. The maximum absolute atomic E-state index is 13.7. The zero-order valence-electron chi connectivity index (χ0n) is 18.9. The Kier molecular flexibility index (Phi) is 6.45. The molecule has 1 aliphatic heterocycles. The molecule has 0 bridgehead atoms. The molecule has 1 aliphatic rings. The molecule has 4 rings (SSSR count). The minimum atomic E-state index is -0.320. The fourth-order valence-electron chi connectivity index (χ4n) is 4.06. The van der Waals surface area contributed by atoms with Gasteiger partial charge in [0.1, 0.15) is 5.70 Å². The predicted octanol–water partition coefficient (Wildman–Crippen LogP) is 4.51. The molecule has 6 heteroatoms. The minimum absolute atomic E-state index is 0.129. The monoisotopic (exact) mass is 442 g/mol. The van der Waals surface area contributed by atoms with E-state index >= 15 is 0 Å². The van der Waals surface area contributed by atoms with Crippen LogP contribution in [-0.4, -0.2) is 37.5 Å². The van der Waals surface area contributed by atoms with Crippen molar-refractivity contribution < 1.29 is 19.1 Å². The number of nitrogens with zero attached hydrogens (tertiary/aromatic N) is 2. The molecule has 3 aromatic rings. The Morgan fingerprint density at radius 3 is 2.03 bits per heavy atom. The molecule has 0 unspecified atom stereocenters. The summed E-state index contributed by atoms with van der Waals surface area (Å²) in [5.74, 6) is 0.500. The van der Waals surface area contributed by atoms with E-state index in [4.69, 9.17) is 9.47 Å². The summed E-state index contributed by atoms with van der Waals surface area (Å²) in [6.45, 7) is 2.64.